The van der Waals surface area contributed by atoms with Gasteiger partial charge in [0, 0.05) is 6.07 Å². The number of ether oxygens (including phenoxy) is 2. The smallest absolute Gasteiger partial charge is 0.416 e. The highest BCUT2D eigenvalue weighted by atomic mass is 35.5. The van der Waals surface area contributed by atoms with E-state index in [1.54, 1.807) is 0 Å². The van der Waals surface area contributed by atoms with Crippen molar-refractivity contribution in [2.45, 2.75) is 6.18 Å². The summed E-state index contributed by atoms with van der Waals surface area (Å²) >= 11 is 9.27. The zero-order valence-corrected chi connectivity index (χ0v) is 15.9. The molecule has 0 saturated carbocycles. The number of ketones is 1. The van der Waals surface area contributed by atoms with E-state index in [1.165, 1.54) is 0 Å². The second-order valence-electron chi connectivity index (χ2n) is 5.49. The van der Waals surface area contributed by atoms with E-state index in [9.17, 15) is 32.9 Å². The standard InChI is InChI=1S/C17H11ClF3NO6S/c18-12-5-9(17(19,20)21)1-4-15(12)28-10-2-3-13(22(25)26)11(6-10)14(23)7-27-8-16(24)29/h1-6H,7-8H2,(H,24,29). The van der Waals surface area contributed by atoms with Gasteiger partial charge in [0.25, 0.3) is 5.69 Å². The summed E-state index contributed by atoms with van der Waals surface area (Å²) in [4.78, 5) is 33.3. The SMILES string of the molecule is O=C(S)COCC(=O)c1cc(Oc2ccc(C(F)(F)F)cc2Cl)ccc1[N+](=O)[O-]. The Labute approximate surface area is 171 Å². The van der Waals surface area contributed by atoms with E-state index in [0.29, 0.717) is 6.07 Å². The molecule has 0 fully saturated rings. The Kier molecular flexibility index (Phi) is 7.22. The van der Waals surface area contributed by atoms with Crippen molar-refractivity contribution in [3.8, 4) is 11.5 Å². The van der Waals surface area contributed by atoms with Gasteiger partial charge in [-0.3, -0.25) is 19.7 Å². The maximum absolute atomic E-state index is 12.7. The molecule has 0 amide bonds. The van der Waals surface area contributed by atoms with Crippen LogP contribution in [0, 0.1) is 10.1 Å². The first kappa shape index (κ1) is 22.7. The van der Waals surface area contributed by atoms with Crippen LogP contribution >= 0.6 is 24.2 Å². The number of carbonyl (C=O) groups is 2. The lowest BCUT2D eigenvalue weighted by Gasteiger charge is -2.12. The van der Waals surface area contributed by atoms with Crippen molar-refractivity contribution in [2.75, 3.05) is 13.2 Å². The van der Waals surface area contributed by atoms with Gasteiger partial charge in [0.2, 0.25) is 5.12 Å². The molecule has 0 aliphatic rings. The van der Waals surface area contributed by atoms with Crippen LogP contribution in [0.1, 0.15) is 15.9 Å². The maximum Gasteiger partial charge on any atom is 0.416 e. The molecule has 0 saturated heterocycles. The molecule has 2 rings (SSSR count). The monoisotopic (exact) mass is 449 g/mol. The van der Waals surface area contributed by atoms with Crippen LogP contribution in [0.5, 0.6) is 11.5 Å². The van der Waals surface area contributed by atoms with Gasteiger partial charge in [0.15, 0.2) is 5.78 Å². The number of thiol groups is 1. The first-order valence-corrected chi connectivity index (χ1v) is 8.47. The number of halogens is 4. The van der Waals surface area contributed by atoms with Gasteiger partial charge in [0.05, 0.1) is 15.5 Å². The molecule has 154 valence electrons. The van der Waals surface area contributed by atoms with E-state index in [-0.39, 0.29) is 22.1 Å². The minimum atomic E-state index is -4.59. The molecule has 0 aliphatic heterocycles. The molecule has 7 nitrogen and oxygen atoms in total. The van der Waals surface area contributed by atoms with Gasteiger partial charge in [0.1, 0.15) is 30.3 Å². The topological polar surface area (TPSA) is 95.7 Å². The lowest BCUT2D eigenvalue weighted by molar-refractivity contribution is -0.385. The summed E-state index contributed by atoms with van der Waals surface area (Å²) in [5, 5.41) is 10.2. The highest BCUT2D eigenvalue weighted by molar-refractivity contribution is 7.96. The average molecular weight is 450 g/mol. The van der Waals surface area contributed by atoms with E-state index < -0.39 is 46.5 Å². The van der Waals surface area contributed by atoms with Gasteiger partial charge in [-0.2, -0.15) is 13.2 Å². The molecule has 0 heterocycles. The minimum Gasteiger partial charge on any atom is -0.456 e. The summed E-state index contributed by atoms with van der Waals surface area (Å²) in [6.07, 6.45) is -4.59. The first-order chi connectivity index (χ1) is 13.5. The van der Waals surface area contributed by atoms with Crippen molar-refractivity contribution in [2.24, 2.45) is 0 Å². The van der Waals surface area contributed by atoms with E-state index >= 15 is 0 Å². The van der Waals surface area contributed by atoms with Crippen LogP contribution in [0.3, 0.4) is 0 Å². The molecular formula is C17H11ClF3NO6S. The Morgan fingerprint density at radius 1 is 1.14 bits per heavy atom. The second-order valence-corrected chi connectivity index (χ2v) is 6.40. The van der Waals surface area contributed by atoms with Crippen molar-refractivity contribution in [1.29, 1.82) is 0 Å². The number of nitro benzene ring substituents is 1. The molecular weight excluding hydrogens is 439 g/mol. The number of benzene rings is 2. The Hall–Kier alpha value is -2.63. The molecule has 0 N–H and O–H groups in total. The third kappa shape index (κ3) is 6.17. The predicted molar refractivity (Wildman–Crippen MR) is 98.8 cm³/mol. The third-order valence-corrected chi connectivity index (χ3v) is 3.84. The molecule has 29 heavy (non-hydrogen) atoms. The van der Waals surface area contributed by atoms with Crippen LogP contribution in [-0.4, -0.2) is 29.0 Å². The Balaban J connectivity index is 2.29. The van der Waals surface area contributed by atoms with Crippen molar-refractivity contribution in [3.63, 3.8) is 0 Å². The molecule has 2 aromatic rings. The van der Waals surface area contributed by atoms with Gasteiger partial charge >= 0.3 is 6.18 Å². The van der Waals surface area contributed by atoms with Crippen molar-refractivity contribution in [3.05, 3.63) is 62.7 Å². The Morgan fingerprint density at radius 3 is 2.38 bits per heavy atom. The highest BCUT2D eigenvalue weighted by Crippen LogP contribution is 2.37. The summed E-state index contributed by atoms with van der Waals surface area (Å²) in [5.74, 6) is -1.04. The van der Waals surface area contributed by atoms with Gasteiger partial charge in [-0.1, -0.05) is 11.6 Å². The van der Waals surface area contributed by atoms with Crippen molar-refractivity contribution >= 4 is 40.8 Å². The maximum atomic E-state index is 12.7. The Morgan fingerprint density at radius 2 is 1.83 bits per heavy atom. The number of alkyl halides is 3. The second kappa shape index (κ2) is 9.25. The minimum absolute atomic E-state index is 0.0779. The summed E-state index contributed by atoms with van der Waals surface area (Å²) < 4.78 is 48.3. The van der Waals surface area contributed by atoms with Gasteiger partial charge in [-0.25, -0.2) is 0 Å². The quantitative estimate of drug-likeness (QED) is 0.271. The Bertz CT molecular complexity index is 967. The number of nitrogens with zero attached hydrogens (tertiary/aromatic N) is 1. The van der Waals surface area contributed by atoms with E-state index in [1.807, 2.05) is 0 Å². The number of hydrogen-bond acceptors (Lipinski definition) is 6. The van der Waals surface area contributed by atoms with Gasteiger partial charge in [-0.05, 0) is 30.3 Å². The number of hydrogen-bond donors (Lipinski definition) is 1. The van der Waals surface area contributed by atoms with Gasteiger partial charge < -0.3 is 9.47 Å². The third-order valence-electron chi connectivity index (χ3n) is 3.41. The number of nitro groups is 1. The van der Waals surface area contributed by atoms with Crippen LogP contribution < -0.4 is 4.74 Å². The zero-order valence-electron chi connectivity index (χ0n) is 14.2. The molecule has 12 heteroatoms. The highest BCUT2D eigenvalue weighted by Gasteiger charge is 2.31. The van der Waals surface area contributed by atoms with Crippen LogP contribution in [0.4, 0.5) is 18.9 Å². The van der Waals surface area contributed by atoms with Crippen LogP contribution in [-0.2, 0) is 15.7 Å². The van der Waals surface area contributed by atoms with Crippen LogP contribution in [0.25, 0.3) is 0 Å². The fraction of sp³-hybridized carbons (Fsp3) is 0.176. The van der Waals surface area contributed by atoms with Crippen LogP contribution in [0.15, 0.2) is 36.4 Å². The molecule has 0 spiro atoms. The summed E-state index contributed by atoms with van der Waals surface area (Å²) in [5.41, 5.74) is -1.89. The fourth-order valence-corrected chi connectivity index (χ4v) is 2.47. The normalized spacial score (nSPS) is 11.2. The average Bonchev–Trinajstić information content (AvgIpc) is 2.61. The molecule has 0 aromatic heterocycles. The first-order valence-electron chi connectivity index (χ1n) is 7.65. The molecule has 0 radical (unpaired) electrons. The molecule has 0 atom stereocenters. The van der Waals surface area contributed by atoms with Crippen LogP contribution in [0.2, 0.25) is 5.02 Å². The fourth-order valence-electron chi connectivity index (χ4n) is 2.16. The number of Topliss-reactive ketones (excluding diaryl/α,β-unsaturated/α-hetero) is 1. The lowest BCUT2D eigenvalue weighted by atomic mass is 10.1. The van der Waals surface area contributed by atoms with Crippen molar-refractivity contribution in [1.82, 2.24) is 0 Å². The molecule has 2 aromatic carbocycles. The zero-order chi connectivity index (χ0) is 21.8. The predicted octanol–water partition coefficient (Wildman–Crippen LogP) is 4.72. The van der Waals surface area contributed by atoms with E-state index in [2.05, 4.69) is 12.6 Å². The summed E-state index contributed by atoms with van der Waals surface area (Å²) in [6.45, 7) is -1.10. The van der Waals surface area contributed by atoms with E-state index in [4.69, 9.17) is 21.1 Å². The molecule has 0 unspecified atom stereocenters. The number of carbonyl (C=O) groups excluding carboxylic acids is 2. The van der Waals surface area contributed by atoms with E-state index in [0.717, 1.165) is 30.3 Å². The molecule has 0 aliphatic carbocycles. The summed E-state index contributed by atoms with van der Waals surface area (Å²) in [7, 11) is 0. The summed E-state index contributed by atoms with van der Waals surface area (Å²) in [6, 6.07) is 5.57. The lowest BCUT2D eigenvalue weighted by Crippen LogP contribution is -2.14. The van der Waals surface area contributed by atoms with Crippen molar-refractivity contribution < 1.29 is 37.2 Å². The number of rotatable bonds is 8. The van der Waals surface area contributed by atoms with Gasteiger partial charge in [-0.15, -0.1) is 12.6 Å². The largest absolute Gasteiger partial charge is 0.456 e. The molecule has 0 bridgehead atoms.